The second kappa shape index (κ2) is 10.5. The van der Waals surface area contributed by atoms with Crippen molar-refractivity contribution in [2.45, 2.75) is 51.8 Å². The van der Waals surface area contributed by atoms with Crippen molar-refractivity contribution < 1.29 is 13.2 Å². The van der Waals surface area contributed by atoms with Gasteiger partial charge in [0, 0.05) is 0 Å². The Morgan fingerprint density at radius 1 is 0.500 bits per heavy atom. The van der Waals surface area contributed by atoms with Crippen LogP contribution in [0.4, 0.5) is 13.2 Å². The lowest BCUT2D eigenvalue weighted by molar-refractivity contribution is 0.623. The minimum atomic E-state index is -1.48. The van der Waals surface area contributed by atoms with Crippen LogP contribution >= 0.6 is 0 Å². The Labute approximate surface area is 178 Å². The highest BCUT2D eigenvalue weighted by molar-refractivity contribution is 7.11. The molecule has 0 heterocycles. The summed E-state index contributed by atoms with van der Waals surface area (Å²) in [7, 11) is 0. The summed E-state index contributed by atoms with van der Waals surface area (Å²) in [5.74, 6) is -0.872. The van der Waals surface area contributed by atoms with Gasteiger partial charge in [-0.2, -0.15) is 22.7 Å². The van der Waals surface area contributed by atoms with E-state index in [2.05, 4.69) is 6.92 Å². The van der Waals surface area contributed by atoms with Crippen molar-refractivity contribution in [2.24, 2.45) is 0 Å². The standard InChI is InChI=1S/C26H29BF3/c1-2-3-4-5-6-7-20-27(21-8-14-24(28)15-9-21,22-10-16-25(29)17-11-22)23-12-18-26(30)19-13-23/h8-19H,2-7,20H2,1H3/q-1. The van der Waals surface area contributed by atoms with Crippen LogP contribution in [0.3, 0.4) is 0 Å². The SMILES string of the molecule is CCCCCCCC[B-](c1ccc(F)cc1)(c1ccc(F)cc1)c1ccc(F)cc1. The molecule has 0 aliphatic rings. The number of unbranched alkanes of at least 4 members (excludes halogenated alkanes) is 5. The highest BCUT2D eigenvalue weighted by Gasteiger charge is 2.29. The average molecular weight is 409 g/mol. The molecule has 0 N–H and O–H groups in total. The van der Waals surface area contributed by atoms with E-state index in [9.17, 15) is 13.2 Å². The second-order valence-corrected chi connectivity index (χ2v) is 8.26. The maximum absolute atomic E-state index is 13.7. The average Bonchev–Trinajstić information content (AvgIpc) is 2.76. The van der Waals surface area contributed by atoms with Gasteiger partial charge in [0.05, 0.1) is 6.15 Å². The van der Waals surface area contributed by atoms with E-state index in [0.717, 1.165) is 35.6 Å². The summed E-state index contributed by atoms with van der Waals surface area (Å²) in [4.78, 5) is 0. The summed E-state index contributed by atoms with van der Waals surface area (Å²) in [5, 5.41) is 0. The first-order valence-corrected chi connectivity index (χ1v) is 11.0. The van der Waals surface area contributed by atoms with E-state index < -0.39 is 6.15 Å². The van der Waals surface area contributed by atoms with Gasteiger partial charge in [-0.1, -0.05) is 81.8 Å². The van der Waals surface area contributed by atoms with E-state index >= 15 is 0 Å². The van der Waals surface area contributed by atoms with E-state index in [-0.39, 0.29) is 17.5 Å². The normalized spacial score (nSPS) is 11.6. The number of hydrogen-bond acceptors (Lipinski definition) is 0. The van der Waals surface area contributed by atoms with Crippen LogP contribution in [0.2, 0.25) is 6.32 Å². The zero-order valence-corrected chi connectivity index (χ0v) is 17.6. The molecule has 0 radical (unpaired) electrons. The topological polar surface area (TPSA) is 0 Å². The molecule has 3 rings (SSSR count). The molecule has 0 aliphatic carbocycles. The Morgan fingerprint density at radius 2 is 0.833 bits per heavy atom. The van der Waals surface area contributed by atoms with Gasteiger partial charge in [0.15, 0.2) is 0 Å². The molecule has 0 nitrogen and oxygen atoms in total. The minimum Gasteiger partial charge on any atom is -0.207 e. The lowest BCUT2D eigenvalue weighted by atomic mass is 9.14. The third-order valence-corrected chi connectivity index (χ3v) is 6.31. The first-order chi connectivity index (χ1) is 14.6. The number of rotatable bonds is 10. The van der Waals surface area contributed by atoms with Crippen molar-refractivity contribution in [2.75, 3.05) is 0 Å². The van der Waals surface area contributed by atoms with Gasteiger partial charge in [0.1, 0.15) is 17.5 Å². The molecular weight excluding hydrogens is 380 g/mol. The van der Waals surface area contributed by atoms with Crippen molar-refractivity contribution in [3.05, 3.63) is 90.2 Å². The minimum absolute atomic E-state index is 0.291. The summed E-state index contributed by atoms with van der Waals surface area (Å²) in [6.07, 6.45) is 6.30. The molecule has 3 aromatic rings. The smallest absolute Gasteiger partial charge is 0.122 e. The Bertz CT molecular complexity index is 792. The first kappa shape index (κ1) is 22.2. The quantitative estimate of drug-likeness (QED) is 0.287. The van der Waals surface area contributed by atoms with Crippen LogP contribution in [-0.2, 0) is 0 Å². The fourth-order valence-corrected chi connectivity index (χ4v) is 4.68. The fraction of sp³-hybridized carbons (Fsp3) is 0.308. The monoisotopic (exact) mass is 409 g/mol. The number of benzene rings is 3. The van der Waals surface area contributed by atoms with Crippen molar-refractivity contribution >= 4 is 22.5 Å². The van der Waals surface area contributed by atoms with Gasteiger partial charge in [-0.3, -0.25) is 0 Å². The van der Waals surface area contributed by atoms with Crippen LogP contribution in [0.15, 0.2) is 72.8 Å². The molecule has 0 fully saturated rings. The lowest BCUT2D eigenvalue weighted by Gasteiger charge is -2.43. The molecule has 0 unspecified atom stereocenters. The first-order valence-electron chi connectivity index (χ1n) is 11.0. The van der Waals surface area contributed by atoms with E-state index in [1.165, 1.54) is 62.1 Å². The van der Waals surface area contributed by atoms with Gasteiger partial charge in [-0.25, -0.2) is 13.2 Å². The van der Waals surface area contributed by atoms with Gasteiger partial charge < -0.3 is 0 Å². The Hall–Kier alpha value is -2.49. The molecule has 0 bridgehead atoms. The maximum Gasteiger partial charge on any atom is 0.122 e. The summed E-state index contributed by atoms with van der Waals surface area (Å²) in [6.45, 7) is 2.20. The Kier molecular flexibility index (Phi) is 7.78. The van der Waals surface area contributed by atoms with Crippen LogP contribution in [0, 0.1) is 17.5 Å². The largest absolute Gasteiger partial charge is 0.207 e. The molecule has 3 aromatic carbocycles. The molecule has 30 heavy (non-hydrogen) atoms. The third kappa shape index (κ3) is 5.16. The fourth-order valence-electron chi connectivity index (χ4n) is 4.68. The predicted molar refractivity (Wildman–Crippen MR) is 122 cm³/mol. The number of hydrogen-bond donors (Lipinski definition) is 0. The molecule has 0 atom stereocenters. The molecule has 4 heteroatoms. The van der Waals surface area contributed by atoms with Crippen molar-refractivity contribution in [3.8, 4) is 0 Å². The van der Waals surface area contributed by atoms with Gasteiger partial charge in [0.2, 0.25) is 0 Å². The maximum atomic E-state index is 13.7. The van der Waals surface area contributed by atoms with Crippen molar-refractivity contribution in [1.82, 2.24) is 0 Å². The zero-order chi connectivity index (χ0) is 21.4. The third-order valence-electron chi connectivity index (χ3n) is 6.31. The second-order valence-electron chi connectivity index (χ2n) is 8.26. The molecule has 0 aromatic heterocycles. The highest BCUT2D eigenvalue weighted by Crippen LogP contribution is 2.19. The van der Waals surface area contributed by atoms with Crippen LogP contribution < -0.4 is 16.4 Å². The molecule has 0 saturated heterocycles. The molecule has 0 amide bonds. The van der Waals surface area contributed by atoms with E-state index in [1.54, 1.807) is 0 Å². The zero-order valence-electron chi connectivity index (χ0n) is 17.6. The summed E-state index contributed by atoms with van der Waals surface area (Å²) >= 11 is 0. The van der Waals surface area contributed by atoms with E-state index in [0.29, 0.717) is 0 Å². The van der Waals surface area contributed by atoms with Gasteiger partial charge >= 0.3 is 0 Å². The van der Waals surface area contributed by atoms with Crippen LogP contribution in [-0.4, -0.2) is 6.15 Å². The molecule has 0 spiro atoms. The summed E-state index contributed by atoms with van der Waals surface area (Å²) in [6, 6.07) is 19.7. The lowest BCUT2D eigenvalue weighted by Crippen LogP contribution is -2.67. The van der Waals surface area contributed by atoms with Crippen molar-refractivity contribution in [3.63, 3.8) is 0 Å². The molecular formula is C26H29BF3-. The van der Waals surface area contributed by atoms with Gasteiger partial charge in [-0.15, -0.1) is 0 Å². The van der Waals surface area contributed by atoms with Gasteiger partial charge in [-0.05, 0) is 36.4 Å². The highest BCUT2D eigenvalue weighted by atomic mass is 19.1. The van der Waals surface area contributed by atoms with Crippen LogP contribution in [0.25, 0.3) is 0 Å². The summed E-state index contributed by atoms with van der Waals surface area (Å²) in [5.41, 5.74) is 2.97. The van der Waals surface area contributed by atoms with E-state index in [1.807, 2.05) is 36.4 Å². The van der Waals surface area contributed by atoms with Gasteiger partial charge in [0.25, 0.3) is 0 Å². The van der Waals surface area contributed by atoms with Crippen LogP contribution in [0.5, 0.6) is 0 Å². The van der Waals surface area contributed by atoms with Crippen LogP contribution in [0.1, 0.15) is 45.4 Å². The molecule has 0 saturated carbocycles. The Morgan fingerprint density at radius 3 is 1.20 bits per heavy atom. The predicted octanol–water partition coefficient (Wildman–Crippen LogP) is 5.93. The summed E-state index contributed by atoms with van der Waals surface area (Å²) < 4.78 is 41.2. The van der Waals surface area contributed by atoms with Crippen molar-refractivity contribution in [1.29, 1.82) is 0 Å². The Balaban J connectivity index is 2.06. The molecule has 158 valence electrons. The number of halogens is 3. The molecule has 0 aliphatic heterocycles. The van der Waals surface area contributed by atoms with E-state index in [4.69, 9.17) is 0 Å².